The number of hydrogen-bond acceptors (Lipinski definition) is 7. The molecule has 0 fully saturated rings. The minimum absolute atomic E-state index is 0.145. The van der Waals surface area contributed by atoms with Gasteiger partial charge in [0.1, 0.15) is 17.6 Å². The maximum Gasteiger partial charge on any atom is 0.339 e. The molecular weight excluding hydrogens is 270 g/mol. The van der Waals surface area contributed by atoms with Gasteiger partial charge in [-0.1, -0.05) is 6.92 Å². The molecule has 0 saturated carbocycles. The molecule has 0 atom stereocenters. The van der Waals surface area contributed by atoms with E-state index in [0.717, 1.165) is 12.3 Å². The number of anilines is 1. The van der Waals surface area contributed by atoms with Crippen molar-refractivity contribution in [3.8, 4) is 0 Å². The first-order chi connectivity index (χ1) is 9.39. The number of nitrogens with zero attached hydrogens (tertiary/aromatic N) is 2. The van der Waals surface area contributed by atoms with Gasteiger partial charge in [-0.15, -0.1) is 0 Å². The third-order valence-corrected chi connectivity index (χ3v) is 2.98. The van der Waals surface area contributed by atoms with Crippen molar-refractivity contribution in [3.63, 3.8) is 0 Å². The molecule has 0 aliphatic carbocycles. The lowest BCUT2D eigenvalue weighted by Crippen LogP contribution is -2.45. The highest BCUT2D eigenvalue weighted by Crippen LogP contribution is 2.23. The highest BCUT2D eigenvalue weighted by molar-refractivity contribution is 5.93. The number of aliphatic hydroxyl groups excluding tert-OH is 2. The topological polar surface area (TPSA) is 146 Å². The third-order valence-electron chi connectivity index (χ3n) is 2.98. The van der Waals surface area contributed by atoms with Crippen LogP contribution >= 0.6 is 0 Å². The van der Waals surface area contributed by atoms with E-state index in [0.29, 0.717) is 6.42 Å². The van der Waals surface area contributed by atoms with E-state index < -0.39 is 40.9 Å². The smallest absolute Gasteiger partial charge is 0.339 e. The summed E-state index contributed by atoms with van der Waals surface area (Å²) in [5.74, 6) is -1.54. The zero-order valence-electron chi connectivity index (χ0n) is 10.7. The van der Waals surface area contributed by atoms with Gasteiger partial charge >= 0.3 is 5.97 Å². The summed E-state index contributed by atoms with van der Waals surface area (Å²) >= 11 is 0. The van der Waals surface area contributed by atoms with Gasteiger partial charge in [0.15, 0.2) is 0 Å². The highest BCUT2D eigenvalue weighted by atomic mass is 16.6. The number of pyridine rings is 1. The maximum atomic E-state index is 11.1. The van der Waals surface area contributed by atoms with Gasteiger partial charge in [0.25, 0.3) is 5.69 Å². The zero-order chi connectivity index (χ0) is 15.3. The van der Waals surface area contributed by atoms with Crippen molar-refractivity contribution < 1.29 is 25.0 Å². The fourth-order valence-electron chi connectivity index (χ4n) is 1.51. The number of aromatic carboxylic acids is 1. The Labute approximate surface area is 114 Å². The van der Waals surface area contributed by atoms with E-state index in [9.17, 15) is 25.1 Å². The molecule has 0 aliphatic heterocycles. The van der Waals surface area contributed by atoms with Crippen LogP contribution in [0.1, 0.15) is 23.7 Å². The average Bonchev–Trinajstić information content (AvgIpc) is 2.44. The van der Waals surface area contributed by atoms with E-state index in [1.807, 2.05) is 0 Å². The van der Waals surface area contributed by atoms with Crippen molar-refractivity contribution in [2.45, 2.75) is 18.9 Å². The van der Waals surface area contributed by atoms with Gasteiger partial charge in [-0.05, 0) is 6.42 Å². The molecule has 0 amide bonds. The van der Waals surface area contributed by atoms with E-state index in [1.165, 1.54) is 0 Å². The quantitative estimate of drug-likeness (QED) is 0.411. The van der Waals surface area contributed by atoms with E-state index in [4.69, 9.17) is 5.11 Å². The predicted octanol–water partition coefficient (Wildman–Crippen LogP) is 0.233. The number of aromatic nitrogens is 1. The summed E-state index contributed by atoms with van der Waals surface area (Å²) in [5, 5.41) is 40.9. The molecule has 0 aromatic carbocycles. The van der Waals surface area contributed by atoms with Gasteiger partial charge < -0.3 is 20.6 Å². The number of nitrogens with one attached hydrogen (secondary N) is 1. The van der Waals surface area contributed by atoms with E-state index in [2.05, 4.69) is 10.3 Å². The lowest BCUT2D eigenvalue weighted by molar-refractivity contribution is -0.385. The standard InChI is InChI=1S/C11H15N3O6/c1-2-11(5-15,6-16)13-9-8(10(17)18)3-7(4-12-9)14(19)20/h3-4,15-16H,2,5-6H2,1H3,(H,12,13)(H,17,18). The summed E-state index contributed by atoms with van der Waals surface area (Å²) in [4.78, 5) is 24.7. The number of carboxylic acid groups (broad SMARTS) is 1. The second kappa shape index (κ2) is 6.26. The molecular formula is C11H15N3O6. The van der Waals surface area contributed by atoms with Crippen LogP contribution in [0.4, 0.5) is 11.5 Å². The Morgan fingerprint density at radius 1 is 1.50 bits per heavy atom. The molecule has 0 spiro atoms. The second-order valence-electron chi connectivity index (χ2n) is 4.23. The van der Waals surface area contributed by atoms with Crippen LogP contribution in [0.3, 0.4) is 0 Å². The summed E-state index contributed by atoms with van der Waals surface area (Å²) in [7, 11) is 0. The molecule has 1 heterocycles. The molecule has 9 nitrogen and oxygen atoms in total. The van der Waals surface area contributed by atoms with Gasteiger partial charge in [0, 0.05) is 6.07 Å². The minimum atomic E-state index is -1.40. The third kappa shape index (κ3) is 3.19. The molecule has 0 radical (unpaired) electrons. The number of aliphatic hydroxyl groups is 2. The summed E-state index contributed by atoms with van der Waals surface area (Å²) in [6.45, 7) is 0.792. The Morgan fingerprint density at radius 3 is 2.50 bits per heavy atom. The molecule has 0 saturated heterocycles. The molecule has 20 heavy (non-hydrogen) atoms. The second-order valence-corrected chi connectivity index (χ2v) is 4.23. The van der Waals surface area contributed by atoms with Crippen molar-refractivity contribution in [2.75, 3.05) is 18.5 Å². The Hall–Kier alpha value is -2.26. The lowest BCUT2D eigenvalue weighted by atomic mass is 9.98. The van der Waals surface area contributed by atoms with Crippen LogP contribution in [-0.2, 0) is 0 Å². The molecule has 1 aromatic heterocycles. The van der Waals surface area contributed by atoms with Gasteiger partial charge in [0.05, 0.1) is 23.7 Å². The first-order valence-electron chi connectivity index (χ1n) is 5.76. The van der Waals surface area contributed by atoms with Crippen molar-refractivity contribution >= 4 is 17.5 Å². The molecule has 9 heteroatoms. The Kier molecular flexibility index (Phi) is 4.94. The predicted molar refractivity (Wildman–Crippen MR) is 68.7 cm³/mol. The average molecular weight is 285 g/mol. The van der Waals surface area contributed by atoms with Gasteiger partial charge in [-0.2, -0.15) is 0 Å². The van der Waals surface area contributed by atoms with Crippen LogP contribution in [-0.4, -0.2) is 49.9 Å². The monoisotopic (exact) mass is 285 g/mol. The minimum Gasteiger partial charge on any atom is -0.478 e. The lowest BCUT2D eigenvalue weighted by Gasteiger charge is -2.30. The van der Waals surface area contributed by atoms with Crippen LogP contribution < -0.4 is 5.32 Å². The van der Waals surface area contributed by atoms with Crippen molar-refractivity contribution in [2.24, 2.45) is 0 Å². The molecule has 0 unspecified atom stereocenters. The number of nitro groups is 1. The highest BCUT2D eigenvalue weighted by Gasteiger charge is 2.29. The molecule has 1 rings (SSSR count). The Morgan fingerprint density at radius 2 is 2.10 bits per heavy atom. The first-order valence-corrected chi connectivity index (χ1v) is 5.76. The summed E-state index contributed by atoms with van der Waals surface area (Å²) < 4.78 is 0. The molecule has 1 aromatic rings. The Balaban J connectivity index is 3.24. The number of hydrogen-bond donors (Lipinski definition) is 4. The van der Waals surface area contributed by atoms with Gasteiger partial charge in [-0.3, -0.25) is 10.1 Å². The van der Waals surface area contributed by atoms with Crippen molar-refractivity contribution in [3.05, 3.63) is 27.9 Å². The SMILES string of the molecule is CCC(CO)(CO)Nc1ncc([N+](=O)[O-])cc1C(=O)O. The summed E-state index contributed by atoms with van der Waals surface area (Å²) in [6.07, 6.45) is 1.21. The first kappa shape index (κ1) is 15.8. The number of carbonyl (C=O) groups is 1. The number of carboxylic acids is 1. The fourth-order valence-corrected chi connectivity index (χ4v) is 1.51. The van der Waals surface area contributed by atoms with Gasteiger partial charge in [-0.25, -0.2) is 9.78 Å². The zero-order valence-corrected chi connectivity index (χ0v) is 10.7. The Bertz CT molecular complexity index is 507. The number of rotatable bonds is 7. The van der Waals surface area contributed by atoms with Crippen LogP contribution in [0.2, 0.25) is 0 Å². The van der Waals surface area contributed by atoms with E-state index >= 15 is 0 Å². The van der Waals surface area contributed by atoms with E-state index in [1.54, 1.807) is 6.92 Å². The molecule has 0 bridgehead atoms. The molecule has 4 N–H and O–H groups in total. The van der Waals surface area contributed by atoms with Gasteiger partial charge in [0.2, 0.25) is 0 Å². The molecule has 0 aliphatic rings. The summed E-state index contributed by atoms with van der Waals surface area (Å²) in [5.41, 5.74) is -2.00. The van der Waals surface area contributed by atoms with Crippen LogP contribution in [0.25, 0.3) is 0 Å². The van der Waals surface area contributed by atoms with Crippen LogP contribution in [0.15, 0.2) is 12.3 Å². The normalized spacial score (nSPS) is 11.2. The van der Waals surface area contributed by atoms with E-state index in [-0.39, 0.29) is 5.82 Å². The van der Waals surface area contributed by atoms with Crippen LogP contribution in [0, 0.1) is 10.1 Å². The van der Waals surface area contributed by atoms with Crippen molar-refractivity contribution in [1.29, 1.82) is 0 Å². The maximum absolute atomic E-state index is 11.1. The largest absolute Gasteiger partial charge is 0.478 e. The fraction of sp³-hybridized carbons (Fsp3) is 0.455. The summed E-state index contributed by atoms with van der Waals surface area (Å²) in [6, 6.07) is 0.868. The molecule has 110 valence electrons. The van der Waals surface area contributed by atoms with Crippen LogP contribution in [0.5, 0.6) is 0 Å². The van der Waals surface area contributed by atoms with Crippen molar-refractivity contribution in [1.82, 2.24) is 4.98 Å².